The Morgan fingerprint density at radius 2 is 1.73 bits per heavy atom. The lowest BCUT2D eigenvalue weighted by Crippen LogP contribution is -2.12. The zero-order valence-electron chi connectivity index (χ0n) is 8.44. The van der Waals surface area contributed by atoms with E-state index in [2.05, 4.69) is 4.74 Å². The molecule has 0 fully saturated rings. The first-order chi connectivity index (χ1) is 7.08. The van der Waals surface area contributed by atoms with Crippen LogP contribution in [0.4, 0.5) is 0 Å². The minimum atomic E-state index is -0.626. The average molecular weight is 209 g/mol. The highest BCUT2D eigenvalue weighted by Gasteiger charge is 2.11. The Morgan fingerprint density at radius 1 is 1.13 bits per heavy atom. The van der Waals surface area contributed by atoms with Crippen LogP contribution in [0.5, 0.6) is 5.75 Å². The number of methoxy groups -OCH3 is 2. The van der Waals surface area contributed by atoms with Crippen LogP contribution in [-0.2, 0) is 4.74 Å². The first-order valence-electron chi connectivity index (χ1n) is 4.15. The Kier molecular flexibility index (Phi) is 3.28. The van der Waals surface area contributed by atoms with Gasteiger partial charge in [0, 0.05) is 5.56 Å². The Bertz CT molecular complexity index is 400. The molecule has 0 aliphatic rings. The van der Waals surface area contributed by atoms with Gasteiger partial charge in [-0.1, -0.05) is 0 Å². The smallest absolute Gasteiger partial charge is 0.338 e. The molecular formula is C10H11NO4. The lowest BCUT2D eigenvalue weighted by atomic mass is 10.1. The molecule has 80 valence electrons. The molecule has 0 saturated heterocycles. The van der Waals surface area contributed by atoms with Crippen molar-refractivity contribution in [2.45, 2.75) is 0 Å². The minimum absolute atomic E-state index is 0.203. The third kappa shape index (κ3) is 2.46. The summed E-state index contributed by atoms with van der Waals surface area (Å²) in [6, 6.07) is 4.28. The van der Waals surface area contributed by atoms with Crippen molar-refractivity contribution in [1.82, 2.24) is 0 Å². The molecule has 1 rings (SSSR count). The highest BCUT2D eigenvalue weighted by molar-refractivity contribution is 5.97. The van der Waals surface area contributed by atoms with Gasteiger partial charge in [-0.15, -0.1) is 0 Å². The molecule has 0 bridgehead atoms. The van der Waals surface area contributed by atoms with E-state index < -0.39 is 11.9 Å². The molecule has 0 heterocycles. The number of ether oxygens (including phenoxy) is 2. The van der Waals surface area contributed by atoms with Crippen LogP contribution >= 0.6 is 0 Å². The fraction of sp³-hybridized carbons (Fsp3) is 0.200. The maximum Gasteiger partial charge on any atom is 0.338 e. The number of esters is 1. The number of nitrogens with two attached hydrogens (primary N) is 1. The molecule has 0 radical (unpaired) electrons. The number of benzene rings is 1. The van der Waals surface area contributed by atoms with E-state index >= 15 is 0 Å². The van der Waals surface area contributed by atoms with Gasteiger partial charge in [0.1, 0.15) is 5.75 Å². The molecule has 0 aromatic heterocycles. The number of amides is 1. The molecule has 5 heteroatoms. The van der Waals surface area contributed by atoms with E-state index in [1.807, 2.05) is 0 Å². The maximum absolute atomic E-state index is 11.2. The number of rotatable bonds is 3. The van der Waals surface area contributed by atoms with E-state index in [0.29, 0.717) is 5.75 Å². The maximum atomic E-state index is 11.2. The molecule has 0 saturated carbocycles. The first kappa shape index (κ1) is 11.0. The third-order valence-electron chi connectivity index (χ3n) is 1.85. The van der Waals surface area contributed by atoms with Crippen molar-refractivity contribution >= 4 is 11.9 Å². The van der Waals surface area contributed by atoms with Gasteiger partial charge in [0.15, 0.2) is 0 Å². The summed E-state index contributed by atoms with van der Waals surface area (Å²) in [4.78, 5) is 22.2. The molecule has 0 atom stereocenters. The summed E-state index contributed by atoms with van der Waals surface area (Å²) in [6.07, 6.45) is 0. The van der Waals surface area contributed by atoms with Gasteiger partial charge < -0.3 is 15.2 Å². The molecule has 5 nitrogen and oxygen atoms in total. The first-order valence-corrected chi connectivity index (χ1v) is 4.15. The fourth-order valence-electron chi connectivity index (χ4n) is 1.09. The summed E-state index contributed by atoms with van der Waals surface area (Å²) in [5.74, 6) is -0.790. The lowest BCUT2D eigenvalue weighted by Gasteiger charge is -2.05. The Hall–Kier alpha value is -2.04. The predicted molar refractivity (Wildman–Crippen MR) is 52.9 cm³/mol. The fourth-order valence-corrected chi connectivity index (χ4v) is 1.09. The minimum Gasteiger partial charge on any atom is -0.497 e. The van der Waals surface area contributed by atoms with Gasteiger partial charge >= 0.3 is 5.97 Å². The standard InChI is InChI=1S/C10H11NO4/c1-14-8-4-6(9(11)12)3-7(5-8)10(13)15-2/h3-5H,1-2H3,(H2,11,12). The monoisotopic (exact) mass is 209 g/mol. The van der Waals surface area contributed by atoms with Crippen molar-refractivity contribution in [3.63, 3.8) is 0 Å². The van der Waals surface area contributed by atoms with Crippen LogP contribution in [0, 0.1) is 0 Å². The van der Waals surface area contributed by atoms with Gasteiger partial charge in [-0.3, -0.25) is 4.79 Å². The van der Waals surface area contributed by atoms with Crippen molar-refractivity contribution in [2.75, 3.05) is 14.2 Å². The summed E-state index contributed by atoms with van der Waals surface area (Å²) in [5, 5.41) is 0. The van der Waals surface area contributed by atoms with Crippen LogP contribution in [0.1, 0.15) is 20.7 Å². The lowest BCUT2D eigenvalue weighted by molar-refractivity contribution is 0.0600. The second-order valence-corrected chi connectivity index (χ2v) is 2.81. The predicted octanol–water partition coefficient (Wildman–Crippen LogP) is 0.581. The highest BCUT2D eigenvalue weighted by atomic mass is 16.5. The van der Waals surface area contributed by atoms with Gasteiger partial charge in [-0.05, 0) is 18.2 Å². The van der Waals surface area contributed by atoms with Crippen LogP contribution in [0.15, 0.2) is 18.2 Å². The molecule has 2 N–H and O–H groups in total. The van der Waals surface area contributed by atoms with E-state index in [1.54, 1.807) is 0 Å². The third-order valence-corrected chi connectivity index (χ3v) is 1.85. The van der Waals surface area contributed by atoms with Gasteiger partial charge in [-0.25, -0.2) is 4.79 Å². The Morgan fingerprint density at radius 3 is 2.20 bits per heavy atom. The molecule has 0 unspecified atom stereocenters. The van der Waals surface area contributed by atoms with Crippen LogP contribution in [0.25, 0.3) is 0 Å². The second kappa shape index (κ2) is 4.45. The van der Waals surface area contributed by atoms with E-state index in [9.17, 15) is 9.59 Å². The molecule has 0 aliphatic heterocycles. The van der Waals surface area contributed by atoms with Crippen molar-refractivity contribution in [3.05, 3.63) is 29.3 Å². The van der Waals surface area contributed by atoms with Gasteiger partial charge in [0.2, 0.25) is 5.91 Å². The average Bonchev–Trinajstić information content (AvgIpc) is 2.27. The van der Waals surface area contributed by atoms with Crippen LogP contribution in [0.3, 0.4) is 0 Å². The summed E-state index contributed by atoms with van der Waals surface area (Å²) >= 11 is 0. The van der Waals surface area contributed by atoms with Crippen LogP contribution in [0.2, 0.25) is 0 Å². The highest BCUT2D eigenvalue weighted by Crippen LogP contribution is 2.17. The molecule has 0 spiro atoms. The van der Waals surface area contributed by atoms with Crippen molar-refractivity contribution in [1.29, 1.82) is 0 Å². The van der Waals surface area contributed by atoms with Gasteiger partial charge in [-0.2, -0.15) is 0 Å². The summed E-state index contributed by atoms with van der Waals surface area (Å²) in [6.45, 7) is 0. The van der Waals surface area contributed by atoms with E-state index in [0.717, 1.165) is 0 Å². The molecule has 0 aliphatic carbocycles. The number of hydrogen-bond donors (Lipinski definition) is 1. The van der Waals surface area contributed by atoms with E-state index in [-0.39, 0.29) is 11.1 Å². The zero-order chi connectivity index (χ0) is 11.4. The SMILES string of the molecule is COC(=O)c1cc(OC)cc(C(N)=O)c1. The van der Waals surface area contributed by atoms with Crippen molar-refractivity contribution in [2.24, 2.45) is 5.73 Å². The Balaban J connectivity index is 3.23. The van der Waals surface area contributed by atoms with Crippen LogP contribution < -0.4 is 10.5 Å². The summed E-state index contributed by atoms with van der Waals surface area (Å²) in [5.41, 5.74) is 5.53. The van der Waals surface area contributed by atoms with Crippen molar-refractivity contribution < 1.29 is 19.1 Å². The Labute approximate surface area is 86.8 Å². The van der Waals surface area contributed by atoms with E-state index in [1.165, 1.54) is 32.4 Å². The largest absolute Gasteiger partial charge is 0.497 e. The second-order valence-electron chi connectivity index (χ2n) is 2.81. The quantitative estimate of drug-likeness (QED) is 0.738. The number of carbonyl (C=O) groups is 2. The summed E-state index contributed by atoms with van der Waals surface area (Å²) in [7, 11) is 2.69. The molecule has 1 aromatic rings. The molecule has 15 heavy (non-hydrogen) atoms. The van der Waals surface area contributed by atoms with Gasteiger partial charge in [0.25, 0.3) is 0 Å². The van der Waals surface area contributed by atoms with Gasteiger partial charge in [0.05, 0.1) is 19.8 Å². The molecular weight excluding hydrogens is 198 g/mol. The zero-order valence-corrected chi connectivity index (χ0v) is 8.44. The summed E-state index contributed by atoms with van der Waals surface area (Å²) < 4.78 is 9.45. The normalized spacial score (nSPS) is 9.47. The van der Waals surface area contributed by atoms with Crippen LogP contribution in [-0.4, -0.2) is 26.1 Å². The van der Waals surface area contributed by atoms with E-state index in [4.69, 9.17) is 10.5 Å². The number of carbonyl (C=O) groups excluding carboxylic acids is 2. The molecule has 1 amide bonds. The van der Waals surface area contributed by atoms with Crippen molar-refractivity contribution in [3.8, 4) is 5.75 Å². The topological polar surface area (TPSA) is 78.6 Å². The molecule has 1 aromatic carbocycles. The number of hydrogen-bond acceptors (Lipinski definition) is 4. The number of primary amides is 1.